The molecule has 0 atom stereocenters. The predicted molar refractivity (Wildman–Crippen MR) is 83.4 cm³/mol. The van der Waals surface area contributed by atoms with Gasteiger partial charge in [-0.25, -0.2) is 9.97 Å². The second kappa shape index (κ2) is 6.23. The van der Waals surface area contributed by atoms with E-state index in [2.05, 4.69) is 36.0 Å². The first kappa shape index (κ1) is 14.0. The molecule has 6 nitrogen and oxygen atoms in total. The highest BCUT2D eigenvalue weighted by molar-refractivity contribution is 9.10. The number of anilines is 1. The smallest absolute Gasteiger partial charge is 0.280 e. The number of halogens is 1. The van der Waals surface area contributed by atoms with Crippen LogP contribution in [0.5, 0.6) is 0 Å². The highest BCUT2D eigenvalue weighted by atomic mass is 79.9. The van der Waals surface area contributed by atoms with Crippen LogP contribution in [0.25, 0.3) is 11.6 Å². The second-order valence-electron chi connectivity index (χ2n) is 4.05. The van der Waals surface area contributed by atoms with Crippen molar-refractivity contribution in [2.24, 2.45) is 0 Å². The minimum absolute atomic E-state index is 0.272. The molecule has 2 N–H and O–H groups in total. The van der Waals surface area contributed by atoms with Gasteiger partial charge in [0, 0.05) is 21.8 Å². The summed E-state index contributed by atoms with van der Waals surface area (Å²) in [7, 11) is 0. The summed E-state index contributed by atoms with van der Waals surface area (Å²) < 4.78 is 6.22. The van der Waals surface area contributed by atoms with Crippen LogP contribution in [0.2, 0.25) is 0 Å². The number of nitrogens with two attached hydrogens (primary N) is 1. The van der Waals surface area contributed by atoms with Gasteiger partial charge in [-0.15, -0.1) is 11.8 Å². The van der Waals surface area contributed by atoms with E-state index in [1.165, 1.54) is 12.4 Å². The summed E-state index contributed by atoms with van der Waals surface area (Å²) in [5, 5.41) is 3.93. The zero-order valence-electron chi connectivity index (χ0n) is 10.7. The summed E-state index contributed by atoms with van der Waals surface area (Å²) in [6.45, 7) is 0. The predicted octanol–water partition coefficient (Wildman–Crippen LogP) is 3.16. The number of nitrogen functional groups attached to an aromatic ring is 1. The molecule has 0 aliphatic rings. The van der Waals surface area contributed by atoms with Crippen molar-refractivity contribution in [3.63, 3.8) is 0 Å². The van der Waals surface area contributed by atoms with Crippen molar-refractivity contribution >= 4 is 33.5 Å². The first-order valence-electron chi connectivity index (χ1n) is 6.00. The van der Waals surface area contributed by atoms with Crippen molar-refractivity contribution in [2.75, 3.05) is 5.73 Å². The van der Waals surface area contributed by atoms with Gasteiger partial charge in [-0.2, -0.15) is 4.98 Å². The van der Waals surface area contributed by atoms with Gasteiger partial charge < -0.3 is 10.3 Å². The van der Waals surface area contributed by atoms with E-state index in [1.807, 2.05) is 24.3 Å². The number of thioether (sulfide) groups is 1. The summed E-state index contributed by atoms with van der Waals surface area (Å²) >= 11 is 5.03. The fraction of sp³-hybridized carbons (Fsp3) is 0.0769. The fourth-order valence-electron chi connectivity index (χ4n) is 1.60. The summed E-state index contributed by atoms with van der Waals surface area (Å²) in [4.78, 5) is 13.5. The molecule has 0 amide bonds. The third kappa shape index (κ3) is 3.40. The van der Waals surface area contributed by atoms with E-state index < -0.39 is 0 Å². The van der Waals surface area contributed by atoms with Gasteiger partial charge in [0.2, 0.25) is 0 Å². The van der Waals surface area contributed by atoms with E-state index in [9.17, 15) is 0 Å². The van der Waals surface area contributed by atoms with E-state index in [0.29, 0.717) is 17.3 Å². The molecular formula is C13H10BrN5OS. The maximum Gasteiger partial charge on any atom is 0.280 e. The lowest BCUT2D eigenvalue weighted by Crippen LogP contribution is -1.96. The Bertz CT molecular complexity index is 746. The van der Waals surface area contributed by atoms with E-state index in [0.717, 1.165) is 9.37 Å². The molecule has 0 radical (unpaired) electrons. The van der Waals surface area contributed by atoms with Gasteiger partial charge in [-0.3, -0.25) is 0 Å². The molecule has 0 bridgehead atoms. The Balaban J connectivity index is 1.71. The molecule has 106 valence electrons. The van der Waals surface area contributed by atoms with E-state index in [-0.39, 0.29) is 11.7 Å². The van der Waals surface area contributed by atoms with Crippen LogP contribution < -0.4 is 5.73 Å². The average molecular weight is 364 g/mol. The van der Waals surface area contributed by atoms with Crippen LogP contribution in [-0.4, -0.2) is 20.1 Å². The monoisotopic (exact) mass is 363 g/mol. The Morgan fingerprint density at radius 1 is 1.14 bits per heavy atom. The standard InChI is InChI=1S/C13H10BrN5OS/c14-8-1-3-9(4-2-8)21-7-10-18-13(20-19-10)11-12(15)17-6-5-16-11/h1-6H,7H2,(H2,15,17). The molecule has 1 aromatic carbocycles. The highest BCUT2D eigenvalue weighted by Gasteiger charge is 2.13. The highest BCUT2D eigenvalue weighted by Crippen LogP contribution is 2.25. The molecule has 0 saturated carbocycles. The van der Waals surface area contributed by atoms with E-state index in [1.54, 1.807) is 11.8 Å². The molecule has 0 aliphatic heterocycles. The van der Waals surface area contributed by atoms with Crippen LogP contribution in [0.15, 0.2) is 50.6 Å². The molecule has 3 aromatic rings. The fourth-order valence-corrected chi connectivity index (χ4v) is 2.61. The van der Waals surface area contributed by atoms with Crippen molar-refractivity contribution in [1.82, 2.24) is 20.1 Å². The van der Waals surface area contributed by atoms with Crippen molar-refractivity contribution in [3.05, 3.63) is 47.0 Å². The van der Waals surface area contributed by atoms with Crippen molar-refractivity contribution < 1.29 is 4.52 Å². The van der Waals surface area contributed by atoms with Crippen LogP contribution in [0, 0.1) is 0 Å². The van der Waals surface area contributed by atoms with E-state index in [4.69, 9.17) is 10.3 Å². The zero-order chi connectivity index (χ0) is 14.7. The third-order valence-electron chi connectivity index (χ3n) is 2.58. The van der Waals surface area contributed by atoms with Crippen LogP contribution in [0.3, 0.4) is 0 Å². The SMILES string of the molecule is Nc1nccnc1-c1nc(CSc2ccc(Br)cc2)no1. The van der Waals surface area contributed by atoms with Crippen molar-refractivity contribution in [3.8, 4) is 11.6 Å². The topological polar surface area (TPSA) is 90.7 Å². The quantitative estimate of drug-likeness (QED) is 0.711. The largest absolute Gasteiger partial charge is 0.382 e. The van der Waals surface area contributed by atoms with Gasteiger partial charge in [0.05, 0.1) is 5.75 Å². The minimum atomic E-state index is 0.272. The Kier molecular flexibility index (Phi) is 4.16. The number of hydrogen-bond acceptors (Lipinski definition) is 7. The molecule has 8 heteroatoms. The lowest BCUT2D eigenvalue weighted by atomic mass is 10.4. The number of rotatable bonds is 4. The Hall–Kier alpha value is -1.93. The molecule has 0 aliphatic carbocycles. The Morgan fingerprint density at radius 2 is 1.90 bits per heavy atom. The van der Waals surface area contributed by atoms with Crippen LogP contribution >= 0.6 is 27.7 Å². The number of hydrogen-bond donors (Lipinski definition) is 1. The molecule has 0 saturated heterocycles. The van der Waals surface area contributed by atoms with Crippen molar-refractivity contribution in [1.29, 1.82) is 0 Å². The van der Waals surface area contributed by atoms with Gasteiger partial charge in [0.1, 0.15) is 0 Å². The Labute approximate surface area is 133 Å². The second-order valence-corrected chi connectivity index (χ2v) is 6.01. The number of aromatic nitrogens is 4. The first-order chi connectivity index (χ1) is 10.2. The summed E-state index contributed by atoms with van der Waals surface area (Å²) in [6.07, 6.45) is 3.05. The van der Waals surface area contributed by atoms with E-state index >= 15 is 0 Å². The molecule has 0 spiro atoms. The summed E-state index contributed by atoms with van der Waals surface area (Å²) in [6, 6.07) is 8.03. The van der Waals surface area contributed by atoms with Gasteiger partial charge >= 0.3 is 0 Å². The third-order valence-corrected chi connectivity index (χ3v) is 4.12. The zero-order valence-corrected chi connectivity index (χ0v) is 13.1. The van der Waals surface area contributed by atoms with Crippen LogP contribution in [0.4, 0.5) is 5.82 Å². The number of benzene rings is 1. The van der Waals surface area contributed by atoms with Gasteiger partial charge in [-0.05, 0) is 24.3 Å². The first-order valence-corrected chi connectivity index (χ1v) is 7.78. The van der Waals surface area contributed by atoms with Gasteiger partial charge in [0.15, 0.2) is 17.3 Å². The number of nitrogens with zero attached hydrogens (tertiary/aromatic N) is 4. The normalized spacial score (nSPS) is 10.7. The van der Waals surface area contributed by atoms with Gasteiger partial charge in [-0.1, -0.05) is 21.1 Å². The molecule has 2 aromatic heterocycles. The van der Waals surface area contributed by atoms with Crippen LogP contribution in [-0.2, 0) is 5.75 Å². The Morgan fingerprint density at radius 3 is 2.67 bits per heavy atom. The summed E-state index contributed by atoms with van der Waals surface area (Å²) in [5.74, 6) is 1.74. The summed E-state index contributed by atoms with van der Waals surface area (Å²) in [5.41, 5.74) is 6.14. The average Bonchev–Trinajstić information content (AvgIpc) is 2.96. The van der Waals surface area contributed by atoms with Crippen molar-refractivity contribution in [2.45, 2.75) is 10.6 Å². The minimum Gasteiger partial charge on any atom is -0.382 e. The van der Waals surface area contributed by atoms with Crippen LogP contribution in [0.1, 0.15) is 5.82 Å². The lowest BCUT2D eigenvalue weighted by molar-refractivity contribution is 0.424. The lowest BCUT2D eigenvalue weighted by Gasteiger charge is -1.98. The maximum atomic E-state index is 5.73. The maximum absolute atomic E-state index is 5.73. The molecule has 21 heavy (non-hydrogen) atoms. The molecule has 3 rings (SSSR count). The van der Waals surface area contributed by atoms with Gasteiger partial charge in [0.25, 0.3) is 5.89 Å². The molecule has 0 fully saturated rings. The molecule has 2 heterocycles. The molecular weight excluding hydrogens is 354 g/mol. The molecule has 0 unspecified atom stereocenters.